The fourth-order valence-electron chi connectivity index (χ4n) is 0.968. The van der Waals surface area contributed by atoms with Crippen molar-refractivity contribution >= 4 is 12.6 Å². The maximum absolute atomic E-state index is 10.5. The van der Waals surface area contributed by atoms with E-state index >= 15 is 0 Å². The Morgan fingerprint density at radius 2 is 2.00 bits per heavy atom. The third kappa shape index (κ3) is 1.34. The molecule has 0 fully saturated rings. The van der Waals surface area contributed by atoms with Crippen LogP contribution in [0.5, 0.6) is 5.75 Å². The van der Waals surface area contributed by atoms with Crippen LogP contribution < -0.4 is 4.74 Å². The average molecular weight is 164 g/mol. The normalized spacial score (nSPS) is 9.08. The van der Waals surface area contributed by atoms with Gasteiger partial charge in [0.15, 0.2) is 12.6 Å². The molecule has 1 aromatic carbocycles. The summed E-state index contributed by atoms with van der Waals surface area (Å²) in [5.74, 6) is 0.426. The Hall–Kier alpha value is -1.64. The van der Waals surface area contributed by atoms with Crippen LogP contribution in [0.1, 0.15) is 20.7 Å². The number of carbonyl (C=O) groups excluding carboxylic acids is 2. The standard InChI is InChI=1S/C9H8O3/c1-12-9-4-2-3-7(5-10)8(9)6-11/h2-6H,1H3. The van der Waals surface area contributed by atoms with E-state index < -0.39 is 0 Å². The fraction of sp³-hybridized carbons (Fsp3) is 0.111. The smallest absolute Gasteiger partial charge is 0.154 e. The van der Waals surface area contributed by atoms with E-state index in [1.807, 2.05) is 0 Å². The minimum Gasteiger partial charge on any atom is -0.496 e. The van der Waals surface area contributed by atoms with Crippen molar-refractivity contribution in [1.82, 2.24) is 0 Å². The van der Waals surface area contributed by atoms with Crippen molar-refractivity contribution in [3.63, 3.8) is 0 Å². The number of hydrogen-bond acceptors (Lipinski definition) is 3. The lowest BCUT2D eigenvalue weighted by atomic mass is 10.1. The molecule has 1 rings (SSSR count). The van der Waals surface area contributed by atoms with Crippen LogP contribution in [0.15, 0.2) is 18.2 Å². The van der Waals surface area contributed by atoms with Gasteiger partial charge in [0, 0.05) is 5.56 Å². The van der Waals surface area contributed by atoms with Crippen molar-refractivity contribution in [2.24, 2.45) is 0 Å². The van der Waals surface area contributed by atoms with Crippen LogP contribution in [0, 0.1) is 0 Å². The van der Waals surface area contributed by atoms with Crippen molar-refractivity contribution in [2.75, 3.05) is 7.11 Å². The molecule has 0 atom stereocenters. The van der Waals surface area contributed by atoms with Gasteiger partial charge in [-0.25, -0.2) is 0 Å². The van der Waals surface area contributed by atoms with E-state index in [9.17, 15) is 9.59 Å². The molecule has 62 valence electrons. The zero-order chi connectivity index (χ0) is 8.97. The fourth-order valence-corrected chi connectivity index (χ4v) is 0.968. The van der Waals surface area contributed by atoms with Gasteiger partial charge in [-0.3, -0.25) is 9.59 Å². The van der Waals surface area contributed by atoms with Gasteiger partial charge >= 0.3 is 0 Å². The summed E-state index contributed by atoms with van der Waals surface area (Å²) in [4.78, 5) is 21.0. The second-order valence-corrected chi connectivity index (χ2v) is 2.20. The molecule has 0 saturated carbocycles. The first kappa shape index (κ1) is 8.46. The summed E-state index contributed by atoms with van der Waals surface area (Å²) in [6.07, 6.45) is 1.24. The van der Waals surface area contributed by atoms with E-state index in [1.165, 1.54) is 7.11 Å². The van der Waals surface area contributed by atoms with Gasteiger partial charge in [-0.1, -0.05) is 12.1 Å². The number of benzene rings is 1. The first-order valence-corrected chi connectivity index (χ1v) is 3.41. The van der Waals surface area contributed by atoms with Gasteiger partial charge in [0.25, 0.3) is 0 Å². The Balaban J connectivity index is 3.31. The molecule has 0 saturated heterocycles. The lowest BCUT2D eigenvalue weighted by molar-refractivity contribution is 0.109. The third-order valence-electron chi connectivity index (χ3n) is 1.56. The molecular formula is C9H8O3. The maximum atomic E-state index is 10.5. The highest BCUT2D eigenvalue weighted by Gasteiger charge is 2.05. The molecule has 3 nitrogen and oxygen atoms in total. The highest BCUT2D eigenvalue weighted by atomic mass is 16.5. The minimum atomic E-state index is 0.301. The molecule has 0 unspecified atom stereocenters. The van der Waals surface area contributed by atoms with Crippen LogP contribution >= 0.6 is 0 Å². The van der Waals surface area contributed by atoms with E-state index in [0.717, 1.165) is 0 Å². The monoisotopic (exact) mass is 164 g/mol. The van der Waals surface area contributed by atoms with Crippen LogP contribution in [-0.2, 0) is 0 Å². The van der Waals surface area contributed by atoms with E-state index in [-0.39, 0.29) is 0 Å². The average Bonchev–Trinajstić information content (AvgIpc) is 2.16. The van der Waals surface area contributed by atoms with Crippen molar-refractivity contribution in [3.8, 4) is 5.75 Å². The Bertz CT molecular complexity index is 305. The van der Waals surface area contributed by atoms with Crippen molar-refractivity contribution < 1.29 is 14.3 Å². The number of carbonyl (C=O) groups is 2. The Kier molecular flexibility index (Phi) is 2.58. The molecule has 3 heteroatoms. The SMILES string of the molecule is COc1cccc(C=O)c1C=O. The zero-order valence-corrected chi connectivity index (χ0v) is 6.61. The molecule has 0 amide bonds. The summed E-state index contributed by atoms with van der Waals surface area (Å²) in [6, 6.07) is 4.87. The Labute approximate surface area is 70.0 Å². The molecule has 0 spiro atoms. The highest BCUT2D eigenvalue weighted by molar-refractivity contribution is 5.92. The summed E-state index contributed by atoms with van der Waals surface area (Å²) < 4.78 is 4.89. The first-order chi connectivity index (χ1) is 5.83. The summed E-state index contributed by atoms with van der Waals surface area (Å²) in [5.41, 5.74) is 0.652. The molecule has 0 aliphatic heterocycles. The van der Waals surface area contributed by atoms with E-state index in [2.05, 4.69) is 0 Å². The Morgan fingerprint density at radius 1 is 1.25 bits per heavy atom. The number of methoxy groups -OCH3 is 1. The summed E-state index contributed by atoms with van der Waals surface area (Å²) in [6.45, 7) is 0. The molecule has 0 radical (unpaired) electrons. The quantitative estimate of drug-likeness (QED) is 0.633. The molecule has 0 N–H and O–H groups in total. The first-order valence-electron chi connectivity index (χ1n) is 3.41. The second kappa shape index (κ2) is 3.67. The molecular weight excluding hydrogens is 156 g/mol. The maximum Gasteiger partial charge on any atom is 0.154 e. The van der Waals surface area contributed by atoms with E-state index in [4.69, 9.17) is 4.74 Å². The number of aldehydes is 2. The molecule has 0 aliphatic carbocycles. The van der Waals surface area contributed by atoms with Gasteiger partial charge in [-0.05, 0) is 6.07 Å². The molecule has 12 heavy (non-hydrogen) atoms. The van der Waals surface area contributed by atoms with Gasteiger partial charge in [0.1, 0.15) is 5.75 Å². The molecule has 1 aromatic rings. The topological polar surface area (TPSA) is 43.4 Å². The zero-order valence-electron chi connectivity index (χ0n) is 6.61. The predicted octanol–water partition coefficient (Wildman–Crippen LogP) is 1.32. The third-order valence-corrected chi connectivity index (χ3v) is 1.56. The van der Waals surface area contributed by atoms with E-state index in [1.54, 1.807) is 18.2 Å². The van der Waals surface area contributed by atoms with Crippen molar-refractivity contribution in [2.45, 2.75) is 0 Å². The summed E-state index contributed by atoms with van der Waals surface area (Å²) in [7, 11) is 1.46. The summed E-state index contributed by atoms with van der Waals surface area (Å²) in [5, 5.41) is 0. The Morgan fingerprint density at radius 3 is 2.50 bits per heavy atom. The van der Waals surface area contributed by atoms with Crippen LogP contribution in [0.2, 0.25) is 0 Å². The number of hydrogen-bond donors (Lipinski definition) is 0. The molecule has 0 aromatic heterocycles. The van der Waals surface area contributed by atoms with Crippen LogP contribution in [-0.4, -0.2) is 19.7 Å². The van der Waals surface area contributed by atoms with Gasteiger partial charge in [0.2, 0.25) is 0 Å². The van der Waals surface area contributed by atoms with Crippen LogP contribution in [0.3, 0.4) is 0 Å². The van der Waals surface area contributed by atoms with E-state index in [0.29, 0.717) is 29.4 Å². The summed E-state index contributed by atoms with van der Waals surface area (Å²) >= 11 is 0. The molecule has 0 bridgehead atoms. The van der Waals surface area contributed by atoms with Crippen molar-refractivity contribution in [3.05, 3.63) is 29.3 Å². The van der Waals surface area contributed by atoms with Gasteiger partial charge in [-0.15, -0.1) is 0 Å². The van der Waals surface area contributed by atoms with Crippen LogP contribution in [0.4, 0.5) is 0 Å². The largest absolute Gasteiger partial charge is 0.496 e. The lowest BCUT2D eigenvalue weighted by Crippen LogP contribution is -1.95. The van der Waals surface area contributed by atoms with Crippen LogP contribution in [0.25, 0.3) is 0 Å². The molecule has 0 aliphatic rings. The van der Waals surface area contributed by atoms with Gasteiger partial charge in [-0.2, -0.15) is 0 Å². The minimum absolute atomic E-state index is 0.301. The van der Waals surface area contributed by atoms with Crippen molar-refractivity contribution in [1.29, 1.82) is 0 Å². The lowest BCUT2D eigenvalue weighted by Gasteiger charge is -2.03. The van der Waals surface area contributed by atoms with Gasteiger partial charge in [0.05, 0.1) is 12.7 Å². The molecule has 0 heterocycles. The number of ether oxygens (including phenoxy) is 1. The second-order valence-electron chi connectivity index (χ2n) is 2.20. The highest BCUT2D eigenvalue weighted by Crippen LogP contribution is 2.18. The number of rotatable bonds is 3. The van der Waals surface area contributed by atoms with Gasteiger partial charge < -0.3 is 4.74 Å². The predicted molar refractivity (Wildman–Crippen MR) is 43.8 cm³/mol.